The van der Waals surface area contributed by atoms with E-state index in [1.54, 1.807) is 26.2 Å². The number of benzene rings is 2. The molecule has 156 valence electrons. The SMILES string of the molecule is COc1ccccc1C(C)NC(=O)c1cc(S(=O)(=O)N2CCOCC2)ccc1C. The molecule has 2 aromatic carbocycles. The third kappa shape index (κ3) is 4.60. The maximum Gasteiger partial charge on any atom is 0.252 e. The van der Waals surface area contributed by atoms with Gasteiger partial charge in [0.2, 0.25) is 10.0 Å². The van der Waals surface area contributed by atoms with E-state index in [1.165, 1.54) is 10.4 Å². The summed E-state index contributed by atoms with van der Waals surface area (Å²) < 4.78 is 37.8. The minimum Gasteiger partial charge on any atom is -0.496 e. The molecule has 1 amide bonds. The van der Waals surface area contributed by atoms with Crippen molar-refractivity contribution in [2.75, 3.05) is 33.4 Å². The molecule has 0 aromatic heterocycles. The van der Waals surface area contributed by atoms with Crippen LogP contribution in [-0.2, 0) is 14.8 Å². The Morgan fingerprint density at radius 2 is 1.86 bits per heavy atom. The van der Waals surface area contributed by atoms with Crippen LogP contribution in [0.3, 0.4) is 0 Å². The summed E-state index contributed by atoms with van der Waals surface area (Å²) in [5.41, 5.74) is 1.88. The number of para-hydroxylation sites is 1. The van der Waals surface area contributed by atoms with Crippen LogP contribution >= 0.6 is 0 Å². The van der Waals surface area contributed by atoms with Crippen molar-refractivity contribution in [3.63, 3.8) is 0 Å². The monoisotopic (exact) mass is 418 g/mol. The predicted octanol–water partition coefficient (Wildman–Crippen LogP) is 2.52. The fourth-order valence-corrected chi connectivity index (χ4v) is 4.75. The number of aryl methyl sites for hydroxylation is 1. The maximum atomic E-state index is 12.9. The van der Waals surface area contributed by atoms with E-state index in [4.69, 9.17) is 9.47 Å². The lowest BCUT2D eigenvalue weighted by Crippen LogP contribution is -2.40. The van der Waals surface area contributed by atoms with Crippen molar-refractivity contribution in [2.24, 2.45) is 0 Å². The lowest BCUT2D eigenvalue weighted by molar-refractivity contribution is 0.0730. The highest BCUT2D eigenvalue weighted by molar-refractivity contribution is 7.89. The Morgan fingerprint density at radius 3 is 2.55 bits per heavy atom. The van der Waals surface area contributed by atoms with Gasteiger partial charge in [0, 0.05) is 24.2 Å². The Balaban J connectivity index is 1.85. The van der Waals surface area contributed by atoms with Gasteiger partial charge in [0.1, 0.15) is 5.75 Å². The summed E-state index contributed by atoms with van der Waals surface area (Å²) in [7, 11) is -2.09. The van der Waals surface area contributed by atoms with Crippen LogP contribution in [0, 0.1) is 6.92 Å². The number of methoxy groups -OCH3 is 1. The molecule has 29 heavy (non-hydrogen) atoms. The summed E-state index contributed by atoms with van der Waals surface area (Å²) >= 11 is 0. The lowest BCUT2D eigenvalue weighted by atomic mass is 10.0. The van der Waals surface area contributed by atoms with E-state index in [2.05, 4.69) is 5.32 Å². The van der Waals surface area contributed by atoms with Gasteiger partial charge < -0.3 is 14.8 Å². The molecular formula is C21H26N2O5S. The molecule has 0 radical (unpaired) electrons. The van der Waals surface area contributed by atoms with Gasteiger partial charge in [0.05, 0.1) is 31.3 Å². The largest absolute Gasteiger partial charge is 0.496 e. The molecule has 0 bridgehead atoms. The molecule has 1 unspecified atom stereocenters. The van der Waals surface area contributed by atoms with Crippen LogP contribution < -0.4 is 10.1 Å². The van der Waals surface area contributed by atoms with Crippen molar-refractivity contribution in [2.45, 2.75) is 24.8 Å². The Labute approximate surface area is 171 Å². The molecule has 2 aromatic rings. The van der Waals surface area contributed by atoms with Gasteiger partial charge in [-0.3, -0.25) is 4.79 Å². The molecule has 1 N–H and O–H groups in total. The van der Waals surface area contributed by atoms with E-state index < -0.39 is 10.0 Å². The van der Waals surface area contributed by atoms with Crippen molar-refractivity contribution in [1.29, 1.82) is 0 Å². The highest BCUT2D eigenvalue weighted by Crippen LogP contribution is 2.25. The molecule has 1 saturated heterocycles. The van der Waals surface area contributed by atoms with Gasteiger partial charge in [-0.05, 0) is 37.6 Å². The number of ether oxygens (including phenoxy) is 2. The maximum absolute atomic E-state index is 12.9. The second-order valence-corrected chi connectivity index (χ2v) is 8.87. The third-order valence-electron chi connectivity index (χ3n) is 5.01. The number of carbonyl (C=O) groups is 1. The van der Waals surface area contributed by atoms with E-state index in [-0.39, 0.29) is 16.8 Å². The van der Waals surface area contributed by atoms with E-state index >= 15 is 0 Å². The first-order chi connectivity index (χ1) is 13.8. The van der Waals surface area contributed by atoms with Crippen molar-refractivity contribution in [1.82, 2.24) is 9.62 Å². The highest BCUT2D eigenvalue weighted by atomic mass is 32.2. The normalized spacial score (nSPS) is 16.2. The first-order valence-electron chi connectivity index (χ1n) is 9.47. The van der Waals surface area contributed by atoms with Gasteiger partial charge in [-0.15, -0.1) is 0 Å². The Hall–Kier alpha value is -2.42. The summed E-state index contributed by atoms with van der Waals surface area (Å²) in [5.74, 6) is 0.348. The quantitative estimate of drug-likeness (QED) is 0.779. The Morgan fingerprint density at radius 1 is 1.17 bits per heavy atom. The smallest absolute Gasteiger partial charge is 0.252 e. The van der Waals surface area contributed by atoms with Crippen molar-refractivity contribution >= 4 is 15.9 Å². The number of sulfonamides is 1. The van der Waals surface area contributed by atoms with Crippen LogP contribution in [0.15, 0.2) is 47.4 Å². The molecule has 7 nitrogen and oxygen atoms in total. The van der Waals surface area contributed by atoms with E-state index in [0.29, 0.717) is 43.2 Å². The number of hydrogen-bond donors (Lipinski definition) is 1. The first kappa shape index (κ1) is 21.3. The molecule has 1 aliphatic rings. The molecule has 0 aliphatic carbocycles. The average molecular weight is 419 g/mol. The number of morpholine rings is 1. The second-order valence-electron chi connectivity index (χ2n) is 6.93. The Kier molecular flexibility index (Phi) is 6.56. The van der Waals surface area contributed by atoms with Gasteiger partial charge >= 0.3 is 0 Å². The fourth-order valence-electron chi connectivity index (χ4n) is 3.32. The molecular weight excluding hydrogens is 392 g/mol. The molecule has 8 heteroatoms. The molecule has 1 fully saturated rings. The second kappa shape index (κ2) is 8.94. The molecule has 1 atom stereocenters. The van der Waals surface area contributed by atoms with Crippen molar-refractivity contribution in [3.8, 4) is 5.75 Å². The molecule has 1 aliphatic heterocycles. The third-order valence-corrected chi connectivity index (χ3v) is 6.91. The zero-order valence-corrected chi connectivity index (χ0v) is 17.7. The van der Waals surface area contributed by atoms with Gasteiger partial charge in [-0.2, -0.15) is 4.31 Å². The minimum atomic E-state index is -3.67. The minimum absolute atomic E-state index is 0.111. The topological polar surface area (TPSA) is 84.9 Å². The number of amides is 1. The zero-order chi connectivity index (χ0) is 21.0. The van der Waals surface area contributed by atoms with Gasteiger partial charge in [0.15, 0.2) is 0 Å². The first-order valence-corrected chi connectivity index (χ1v) is 10.9. The fraction of sp³-hybridized carbons (Fsp3) is 0.381. The highest BCUT2D eigenvalue weighted by Gasteiger charge is 2.27. The van der Waals surface area contributed by atoms with Crippen LogP contribution in [0.4, 0.5) is 0 Å². The summed E-state index contributed by atoms with van der Waals surface area (Å²) in [6, 6.07) is 11.8. The van der Waals surface area contributed by atoms with E-state index in [0.717, 1.165) is 5.56 Å². The lowest BCUT2D eigenvalue weighted by Gasteiger charge is -2.26. The Bertz CT molecular complexity index is 984. The van der Waals surface area contributed by atoms with Gasteiger partial charge in [0.25, 0.3) is 5.91 Å². The van der Waals surface area contributed by atoms with Crippen LogP contribution in [0.25, 0.3) is 0 Å². The number of rotatable bonds is 6. The number of nitrogens with one attached hydrogen (secondary N) is 1. The molecule has 0 spiro atoms. The number of nitrogens with zero attached hydrogens (tertiary/aromatic N) is 1. The summed E-state index contributed by atoms with van der Waals surface area (Å²) in [5, 5.41) is 2.94. The summed E-state index contributed by atoms with van der Waals surface area (Å²) in [4.78, 5) is 13.0. The molecule has 3 rings (SSSR count). The number of carbonyl (C=O) groups excluding carboxylic acids is 1. The van der Waals surface area contributed by atoms with Crippen LogP contribution in [0.1, 0.15) is 34.5 Å². The summed E-state index contributed by atoms with van der Waals surface area (Å²) in [6.07, 6.45) is 0. The van der Waals surface area contributed by atoms with Crippen LogP contribution in [0.2, 0.25) is 0 Å². The summed E-state index contributed by atoms with van der Waals surface area (Å²) in [6.45, 7) is 5.00. The number of hydrogen-bond acceptors (Lipinski definition) is 5. The van der Waals surface area contributed by atoms with E-state index in [9.17, 15) is 13.2 Å². The molecule has 1 heterocycles. The van der Waals surface area contributed by atoms with Gasteiger partial charge in [-0.25, -0.2) is 8.42 Å². The van der Waals surface area contributed by atoms with E-state index in [1.807, 2.05) is 31.2 Å². The van der Waals surface area contributed by atoms with Gasteiger partial charge in [-0.1, -0.05) is 24.3 Å². The van der Waals surface area contributed by atoms with Crippen LogP contribution in [0.5, 0.6) is 5.75 Å². The predicted molar refractivity (Wildman–Crippen MR) is 110 cm³/mol. The standard InChI is InChI=1S/C21H26N2O5S/c1-15-8-9-17(29(25,26)23-10-12-28-13-11-23)14-19(15)21(24)22-16(2)18-6-4-5-7-20(18)27-3/h4-9,14,16H,10-13H2,1-3H3,(H,22,24). The average Bonchev–Trinajstić information content (AvgIpc) is 2.74. The molecule has 0 saturated carbocycles. The van der Waals surface area contributed by atoms with Crippen molar-refractivity contribution < 1.29 is 22.7 Å². The van der Waals surface area contributed by atoms with Crippen molar-refractivity contribution in [3.05, 3.63) is 59.2 Å². The zero-order valence-electron chi connectivity index (χ0n) is 16.8. The van der Waals surface area contributed by atoms with Crippen LogP contribution in [-0.4, -0.2) is 52.0 Å².